The molecule has 2 rings (SSSR count). The summed E-state index contributed by atoms with van der Waals surface area (Å²) in [6.45, 7) is 0.748. The van der Waals surface area contributed by atoms with E-state index in [2.05, 4.69) is 5.32 Å². The lowest BCUT2D eigenvalue weighted by atomic mass is 9.87. The van der Waals surface area contributed by atoms with E-state index in [0.29, 0.717) is 11.6 Å². The van der Waals surface area contributed by atoms with Gasteiger partial charge in [-0.3, -0.25) is 0 Å². The van der Waals surface area contributed by atoms with Crippen molar-refractivity contribution in [3.05, 3.63) is 29.8 Å². The van der Waals surface area contributed by atoms with Crippen molar-refractivity contribution >= 4 is 5.69 Å². The van der Waals surface area contributed by atoms with E-state index in [1.54, 1.807) is 0 Å². The molecule has 1 aromatic carbocycles. The topological polar surface area (TPSA) is 32.3 Å². The third-order valence-corrected chi connectivity index (χ3v) is 3.62. The smallest absolute Gasteiger partial charge is 0.393 e. The first-order chi connectivity index (χ1) is 8.95. The fourth-order valence-electron chi connectivity index (χ4n) is 2.39. The summed E-state index contributed by atoms with van der Waals surface area (Å²) in [6.07, 6.45) is -0.886. The minimum absolute atomic E-state index is 0.178. The molecule has 0 saturated heterocycles. The summed E-state index contributed by atoms with van der Waals surface area (Å²) in [5, 5.41) is 12.6. The van der Waals surface area contributed by atoms with Crippen molar-refractivity contribution in [2.45, 2.75) is 38.0 Å². The second-order valence-electron chi connectivity index (χ2n) is 5.13. The number of aliphatic hydroxyl groups excluding tert-OH is 1. The molecule has 0 unspecified atom stereocenters. The Bertz CT molecular complexity index is 394. The van der Waals surface area contributed by atoms with Gasteiger partial charge < -0.3 is 10.4 Å². The highest BCUT2D eigenvalue weighted by Crippen LogP contribution is 2.30. The second kappa shape index (κ2) is 5.82. The summed E-state index contributed by atoms with van der Waals surface area (Å²) >= 11 is 0. The average Bonchev–Trinajstić information content (AvgIpc) is 2.37. The number of benzene rings is 1. The standard InChI is InChI=1S/C14H18F3NO/c15-14(16,17)11-3-5-12(6-4-11)18-9-10-1-7-13(19)8-2-10/h3-6,10,13,18-19H,1-2,7-9H2. The number of rotatable bonds is 3. The number of aliphatic hydroxyl groups is 1. The summed E-state index contributed by atoms with van der Waals surface area (Å²) < 4.78 is 37.2. The third-order valence-electron chi connectivity index (χ3n) is 3.62. The van der Waals surface area contributed by atoms with E-state index in [0.717, 1.165) is 44.4 Å². The Morgan fingerprint density at radius 3 is 2.16 bits per heavy atom. The van der Waals surface area contributed by atoms with Crippen molar-refractivity contribution in [3.63, 3.8) is 0 Å². The summed E-state index contributed by atoms with van der Waals surface area (Å²) in [4.78, 5) is 0. The first kappa shape index (κ1) is 14.2. The molecular weight excluding hydrogens is 255 g/mol. The Morgan fingerprint density at radius 2 is 1.63 bits per heavy atom. The van der Waals surface area contributed by atoms with Crippen LogP contribution in [0.2, 0.25) is 0 Å². The summed E-state index contributed by atoms with van der Waals surface area (Å²) in [5.74, 6) is 0.491. The zero-order chi connectivity index (χ0) is 13.9. The number of hydrogen-bond acceptors (Lipinski definition) is 2. The fraction of sp³-hybridized carbons (Fsp3) is 0.571. The van der Waals surface area contributed by atoms with E-state index in [1.165, 1.54) is 12.1 Å². The van der Waals surface area contributed by atoms with Gasteiger partial charge in [0.25, 0.3) is 0 Å². The average molecular weight is 273 g/mol. The van der Waals surface area contributed by atoms with E-state index in [4.69, 9.17) is 0 Å². The second-order valence-corrected chi connectivity index (χ2v) is 5.13. The molecule has 0 heterocycles. The molecule has 19 heavy (non-hydrogen) atoms. The molecule has 0 amide bonds. The van der Waals surface area contributed by atoms with E-state index < -0.39 is 11.7 Å². The largest absolute Gasteiger partial charge is 0.416 e. The fourth-order valence-corrected chi connectivity index (χ4v) is 2.39. The lowest BCUT2D eigenvalue weighted by Gasteiger charge is -2.25. The maximum Gasteiger partial charge on any atom is 0.416 e. The van der Waals surface area contributed by atoms with Gasteiger partial charge >= 0.3 is 6.18 Å². The van der Waals surface area contributed by atoms with Crippen LogP contribution in [-0.2, 0) is 6.18 Å². The van der Waals surface area contributed by atoms with Gasteiger partial charge in [0, 0.05) is 12.2 Å². The first-order valence-corrected chi connectivity index (χ1v) is 6.54. The van der Waals surface area contributed by atoms with E-state index >= 15 is 0 Å². The van der Waals surface area contributed by atoms with Crippen LogP contribution in [0.4, 0.5) is 18.9 Å². The van der Waals surface area contributed by atoms with Gasteiger partial charge in [-0.15, -0.1) is 0 Å². The molecule has 1 aliphatic rings. The van der Waals surface area contributed by atoms with Crippen molar-refractivity contribution in [1.82, 2.24) is 0 Å². The zero-order valence-corrected chi connectivity index (χ0v) is 10.6. The quantitative estimate of drug-likeness (QED) is 0.880. The van der Waals surface area contributed by atoms with Crippen LogP contribution < -0.4 is 5.32 Å². The molecule has 5 heteroatoms. The van der Waals surface area contributed by atoms with Gasteiger partial charge in [-0.25, -0.2) is 0 Å². The van der Waals surface area contributed by atoms with Crippen LogP contribution in [0.1, 0.15) is 31.2 Å². The molecule has 0 aromatic heterocycles. The van der Waals surface area contributed by atoms with Gasteiger partial charge in [0.15, 0.2) is 0 Å². The minimum Gasteiger partial charge on any atom is -0.393 e. The van der Waals surface area contributed by atoms with E-state index in [9.17, 15) is 18.3 Å². The lowest BCUT2D eigenvalue weighted by molar-refractivity contribution is -0.137. The van der Waals surface area contributed by atoms with E-state index in [-0.39, 0.29) is 6.10 Å². The predicted molar refractivity (Wildman–Crippen MR) is 67.9 cm³/mol. The molecule has 0 bridgehead atoms. The van der Waals surface area contributed by atoms with Crippen LogP contribution in [0.25, 0.3) is 0 Å². The maximum absolute atomic E-state index is 12.4. The molecule has 0 atom stereocenters. The zero-order valence-electron chi connectivity index (χ0n) is 10.6. The highest BCUT2D eigenvalue weighted by molar-refractivity contribution is 5.45. The van der Waals surface area contributed by atoms with Crippen LogP contribution in [-0.4, -0.2) is 17.8 Å². The molecular formula is C14H18F3NO. The van der Waals surface area contributed by atoms with Gasteiger partial charge in [0.2, 0.25) is 0 Å². The normalized spacial score (nSPS) is 24.2. The summed E-state index contributed by atoms with van der Waals surface area (Å²) in [5.41, 5.74) is 0.0814. The van der Waals surface area contributed by atoms with Crippen molar-refractivity contribution in [1.29, 1.82) is 0 Å². The number of anilines is 1. The van der Waals surface area contributed by atoms with Crippen LogP contribution >= 0.6 is 0 Å². The molecule has 0 radical (unpaired) electrons. The predicted octanol–water partition coefficient (Wildman–Crippen LogP) is 3.67. The van der Waals surface area contributed by atoms with Gasteiger partial charge in [0.05, 0.1) is 11.7 Å². The molecule has 1 aliphatic carbocycles. The number of nitrogens with one attached hydrogen (secondary N) is 1. The van der Waals surface area contributed by atoms with Crippen molar-refractivity contribution in [3.8, 4) is 0 Å². The highest BCUT2D eigenvalue weighted by atomic mass is 19.4. The van der Waals surface area contributed by atoms with E-state index in [1.807, 2.05) is 0 Å². The Balaban J connectivity index is 1.83. The third kappa shape index (κ3) is 4.13. The van der Waals surface area contributed by atoms with Gasteiger partial charge in [0.1, 0.15) is 0 Å². The highest BCUT2D eigenvalue weighted by Gasteiger charge is 2.29. The van der Waals surface area contributed by atoms with Crippen molar-refractivity contribution in [2.24, 2.45) is 5.92 Å². The summed E-state index contributed by atoms with van der Waals surface area (Å²) in [7, 11) is 0. The molecule has 1 fully saturated rings. The molecule has 1 aromatic rings. The SMILES string of the molecule is OC1CCC(CNc2ccc(C(F)(F)F)cc2)CC1. The molecule has 0 spiro atoms. The molecule has 1 saturated carbocycles. The molecule has 106 valence electrons. The minimum atomic E-state index is -4.28. The summed E-state index contributed by atoms with van der Waals surface area (Å²) in [6, 6.07) is 5.10. The van der Waals surface area contributed by atoms with Gasteiger partial charge in [-0.05, 0) is 55.9 Å². The Hall–Kier alpha value is -1.23. The van der Waals surface area contributed by atoms with Crippen molar-refractivity contribution in [2.75, 3.05) is 11.9 Å². The van der Waals surface area contributed by atoms with Crippen molar-refractivity contribution < 1.29 is 18.3 Å². The molecule has 0 aliphatic heterocycles. The monoisotopic (exact) mass is 273 g/mol. The Kier molecular flexibility index (Phi) is 4.34. The number of hydrogen-bond donors (Lipinski definition) is 2. The van der Waals surface area contributed by atoms with Crippen LogP contribution in [0.3, 0.4) is 0 Å². The van der Waals surface area contributed by atoms with Crippen LogP contribution in [0, 0.1) is 5.92 Å². The van der Waals surface area contributed by atoms with Gasteiger partial charge in [-0.1, -0.05) is 0 Å². The van der Waals surface area contributed by atoms with Crippen LogP contribution in [0.15, 0.2) is 24.3 Å². The first-order valence-electron chi connectivity index (χ1n) is 6.54. The Labute approximate surface area is 110 Å². The molecule has 2 N–H and O–H groups in total. The van der Waals surface area contributed by atoms with Gasteiger partial charge in [-0.2, -0.15) is 13.2 Å². The number of alkyl halides is 3. The molecule has 2 nitrogen and oxygen atoms in total. The van der Waals surface area contributed by atoms with Crippen LogP contribution in [0.5, 0.6) is 0 Å². The Morgan fingerprint density at radius 1 is 1.05 bits per heavy atom. The number of halogens is 3. The lowest BCUT2D eigenvalue weighted by Crippen LogP contribution is -2.23. The maximum atomic E-state index is 12.4.